The molecule has 0 aliphatic heterocycles. The van der Waals surface area contributed by atoms with Gasteiger partial charge in [-0.15, -0.1) is 0 Å². The van der Waals surface area contributed by atoms with E-state index < -0.39 is 0 Å². The summed E-state index contributed by atoms with van der Waals surface area (Å²) < 4.78 is 0. The van der Waals surface area contributed by atoms with Gasteiger partial charge in [-0.1, -0.05) is 273 Å². The molecule has 13 aromatic carbocycles. The van der Waals surface area contributed by atoms with Crippen molar-refractivity contribution in [1.29, 1.82) is 0 Å². The SMILES string of the molecule is c1ccc(C(=C(c2ccccc2)c2ccc(-c3c4ccccc4c(-c4c5ccccc5c(-c5cc(-c6ccccc6)cc(-c6ccccc6)c5)c5ccccc45)c4ccccc34)cc2)c2ccccc2)cc1. The Bertz CT molecular complexity index is 3920. The summed E-state index contributed by atoms with van der Waals surface area (Å²) in [5.41, 5.74) is 19.3. The first-order valence-corrected chi connectivity index (χ1v) is 24.9. The van der Waals surface area contributed by atoms with Crippen LogP contribution < -0.4 is 0 Å². The fourth-order valence-corrected chi connectivity index (χ4v) is 11.3. The van der Waals surface area contributed by atoms with Crippen LogP contribution in [0.15, 0.2) is 291 Å². The van der Waals surface area contributed by atoms with Crippen molar-refractivity contribution < 1.29 is 0 Å². The topological polar surface area (TPSA) is 0 Å². The molecule has 0 aliphatic carbocycles. The fourth-order valence-electron chi connectivity index (χ4n) is 11.3. The molecule has 13 rings (SSSR count). The van der Waals surface area contributed by atoms with Crippen molar-refractivity contribution in [3.05, 3.63) is 313 Å². The zero-order valence-corrected chi connectivity index (χ0v) is 39.7. The summed E-state index contributed by atoms with van der Waals surface area (Å²) in [7, 11) is 0. The summed E-state index contributed by atoms with van der Waals surface area (Å²) in [5, 5.41) is 9.86. The van der Waals surface area contributed by atoms with Crippen molar-refractivity contribution in [2.24, 2.45) is 0 Å². The monoisotopic (exact) mass is 912 g/mol. The predicted molar refractivity (Wildman–Crippen MR) is 308 cm³/mol. The molecule has 0 amide bonds. The van der Waals surface area contributed by atoms with Gasteiger partial charge in [0.15, 0.2) is 0 Å². The summed E-state index contributed by atoms with van der Waals surface area (Å²) >= 11 is 0. The van der Waals surface area contributed by atoms with Gasteiger partial charge in [-0.05, 0) is 150 Å². The van der Waals surface area contributed by atoms with Gasteiger partial charge in [-0.2, -0.15) is 0 Å². The van der Waals surface area contributed by atoms with Gasteiger partial charge in [0.05, 0.1) is 0 Å². The lowest BCUT2D eigenvalue weighted by atomic mass is 9.80. The Kier molecular flexibility index (Phi) is 11.0. The first-order valence-electron chi connectivity index (χ1n) is 24.9. The first kappa shape index (κ1) is 42.7. The minimum absolute atomic E-state index is 1.17. The molecule has 72 heavy (non-hydrogen) atoms. The summed E-state index contributed by atoms with van der Waals surface area (Å²) in [6, 6.07) is 107. The van der Waals surface area contributed by atoms with Gasteiger partial charge in [0.1, 0.15) is 0 Å². The Hall–Kier alpha value is -9.36. The van der Waals surface area contributed by atoms with E-state index in [2.05, 4.69) is 291 Å². The van der Waals surface area contributed by atoms with Gasteiger partial charge < -0.3 is 0 Å². The van der Waals surface area contributed by atoms with E-state index in [1.54, 1.807) is 0 Å². The van der Waals surface area contributed by atoms with Crippen LogP contribution >= 0.6 is 0 Å². The number of hydrogen-bond donors (Lipinski definition) is 0. The first-order chi connectivity index (χ1) is 35.8. The van der Waals surface area contributed by atoms with E-state index in [1.165, 1.54) is 132 Å². The lowest BCUT2D eigenvalue weighted by molar-refractivity contribution is 1.50. The van der Waals surface area contributed by atoms with E-state index >= 15 is 0 Å². The van der Waals surface area contributed by atoms with Crippen molar-refractivity contribution in [2.45, 2.75) is 0 Å². The van der Waals surface area contributed by atoms with Crippen LogP contribution in [-0.2, 0) is 0 Å². The van der Waals surface area contributed by atoms with Crippen molar-refractivity contribution >= 4 is 54.2 Å². The van der Waals surface area contributed by atoms with Gasteiger partial charge in [-0.25, -0.2) is 0 Å². The molecule has 0 saturated heterocycles. The summed E-state index contributed by atoms with van der Waals surface area (Å²) in [4.78, 5) is 0. The lowest BCUT2D eigenvalue weighted by Gasteiger charge is -2.23. The largest absolute Gasteiger partial charge is 0.0622 e. The highest BCUT2D eigenvalue weighted by atomic mass is 14.3. The molecule has 0 aliphatic rings. The molecule has 0 aromatic heterocycles. The molecule has 0 saturated carbocycles. The third-order valence-electron chi connectivity index (χ3n) is 14.4. The number of benzene rings is 13. The molecule has 0 heterocycles. The number of rotatable bonds is 9. The van der Waals surface area contributed by atoms with Gasteiger partial charge in [0.25, 0.3) is 0 Å². The van der Waals surface area contributed by atoms with Crippen molar-refractivity contribution in [1.82, 2.24) is 0 Å². The van der Waals surface area contributed by atoms with Crippen LogP contribution in [0.25, 0.3) is 110 Å². The molecule has 0 bridgehead atoms. The number of fused-ring (bicyclic) bond motifs is 4. The van der Waals surface area contributed by atoms with Gasteiger partial charge in [0, 0.05) is 0 Å². The van der Waals surface area contributed by atoms with Crippen LogP contribution in [0, 0.1) is 0 Å². The average Bonchev–Trinajstić information content (AvgIpc) is 3.46. The fraction of sp³-hybridized carbons (Fsp3) is 0. The molecule has 13 aromatic rings. The molecule has 0 unspecified atom stereocenters. The zero-order chi connectivity index (χ0) is 47.8. The van der Waals surface area contributed by atoms with E-state index in [4.69, 9.17) is 0 Å². The Morgan fingerprint density at radius 3 is 0.708 bits per heavy atom. The second kappa shape index (κ2) is 18.5. The zero-order valence-electron chi connectivity index (χ0n) is 39.7. The molecule has 0 fully saturated rings. The van der Waals surface area contributed by atoms with E-state index in [-0.39, 0.29) is 0 Å². The Balaban J connectivity index is 1.04. The Labute approximate surface area is 421 Å². The Morgan fingerprint density at radius 2 is 0.389 bits per heavy atom. The van der Waals surface area contributed by atoms with Crippen LogP contribution in [0.4, 0.5) is 0 Å². The summed E-state index contributed by atoms with van der Waals surface area (Å²) in [5.74, 6) is 0. The molecule has 0 spiro atoms. The second-order valence-corrected chi connectivity index (χ2v) is 18.6. The lowest BCUT2D eigenvalue weighted by Crippen LogP contribution is -1.98. The third kappa shape index (κ3) is 7.58. The third-order valence-corrected chi connectivity index (χ3v) is 14.4. The molecule has 0 atom stereocenters. The summed E-state index contributed by atoms with van der Waals surface area (Å²) in [6.45, 7) is 0. The molecule has 0 nitrogen and oxygen atoms in total. The minimum atomic E-state index is 1.17. The predicted octanol–water partition coefficient (Wildman–Crippen LogP) is 19.6. The van der Waals surface area contributed by atoms with Gasteiger partial charge in [-0.3, -0.25) is 0 Å². The highest BCUT2D eigenvalue weighted by Crippen LogP contribution is 2.51. The van der Waals surface area contributed by atoms with Gasteiger partial charge >= 0.3 is 0 Å². The maximum atomic E-state index is 2.39. The Morgan fingerprint density at radius 1 is 0.153 bits per heavy atom. The van der Waals surface area contributed by atoms with Crippen molar-refractivity contribution in [3.8, 4) is 55.6 Å². The standard InChI is InChI=1S/C72H48/c1-6-24-49(25-7-1)56-46-57(50-26-8-2-9-27-50)48-58(47-56)70-61-36-18-22-40-65(61)72(66-41-23-19-37-62(66)70)71-63-38-20-16-34-59(63)69(60-35-17-21-39-64(60)71)55-44-42-54(43-45-55)68(53-32-14-5-15-33-53)67(51-28-10-3-11-29-51)52-30-12-4-13-31-52/h1-48H. The molecular weight excluding hydrogens is 865 g/mol. The van der Waals surface area contributed by atoms with Crippen LogP contribution in [0.1, 0.15) is 22.3 Å². The molecule has 0 heteroatoms. The van der Waals surface area contributed by atoms with E-state index in [1.807, 2.05) is 0 Å². The maximum absolute atomic E-state index is 2.39. The second-order valence-electron chi connectivity index (χ2n) is 18.6. The van der Waals surface area contributed by atoms with Gasteiger partial charge in [0.2, 0.25) is 0 Å². The highest BCUT2D eigenvalue weighted by molar-refractivity contribution is 6.30. The van der Waals surface area contributed by atoms with E-state index in [0.717, 1.165) is 0 Å². The van der Waals surface area contributed by atoms with Crippen LogP contribution in [0.2, 0.25) is 0 Å². The van der Waals surface area contributed by atoms with E-state index in [9.17, 15) is 0 Å². The summed E-state index contributed by atoms with van der Waals surface area (Å²) in [6.07, 6.45) is 0. The average molecular weight is 913 g/mol. The highest BCUT2D eigenvalue weighted by Gasteiger charge is 2.24. The molecule has 0 N–H and O–H groups in total. The van der Waals surface area contributed by atoms with Crippen molar-refractivity contribution in [2.75, 3.05) is 0 Å². The van der Waals surface area contributed by atoms with E-state index in [0.29, 0.717) is 0 Å². The number of hydrogen-bond acceptors (Lipinski definition) is 0. The normalized spacial score (nSPS) is 11.3. The van der Waals surface area contributed by atoms with Crippen molar-refractivity contribution in [3.63, 3.8) is 0 Å². The van der Waals surface area contributed by atoms with Crippen LogP contribution in [0.3, 0.4) is 0 Å². The van der Waals surface area contributed by atoms with Crippen LogP contribution in [0.5, 0.6) is 0 Å². The van der Waals surface area contributed by atoms with Crippen LogP contribution in [-0.4, -0.2) is 0 Å². The molecule has 0 radical (unpaired) electrons. The minimum Gasteiger partial charge on any atom is -0.0622 e. The quantitative estimate of drug-likeness (QED) is 0.1000. The molecule has 336 valence electrons. The molecular formula is C72H48. The maximum Gasteiger partial charge on any atom is -0.00139 e. The smallest absolute Gasteiger partial charge is 0.00139 e.